The molecule has 0 amide bonds. The predicted octanol–water partition coefficient (Wildman–Crippen LogP) is 5.17. The van der Waals surface area contributed by atoms with Crippen molar-refractivity contribution >= 4 is 28.8 Å². The lowest BCUT2D eigenvalue weighted by Crippen LogP contribution is -2.39. The Labute approximate surface area is 190 Å². The molecular formula is C24H21ClN4O3. The minimum absolute atomic E-state index is 0.0712. The van der Waals surface area contributed by atoms with Gasteiger partial charge in [-0.15, -0.1) is 0 Å². The number of nitriles is 1. The van der Waals surface area contributed by atoms with Gasteiger partial charge in [0, 0.05) is 28.8 Å². The van der Waals surface area contributed by atoms with E-state index in [1.54, 1.807) is 0 Å². The van der Waals surface area contributed by atoms with Gasteiger partial charge in [0.2, 0.25) is 0 Å². The standard InChI is InChI=1S/C24H21ClN4O3/c1-13-6-8-16(14(2)10-13)22-17(12-26)24(27)28(19-4-3-5-21(30)23(19)22)18-9-7-15(25)11-20(18)29(31)32/h6-11,22H,3-5,27H2,1-2H3. The van der Waals surface area contributed by atoms with Crippen LogP contribution in [0.1, 0.15) is 41.9 Å². The first-order valence-corrected chi connectivity index (χ1v) is 10.6. The Morgan fingerprint density at radius 3 is 2.62 bits per heavy atom. The quantitative estimate of drug-likeness (QED) is 0.511. The lowest BCUT2D eigenvalue weighted by atomic mass is 9.74. The number of allylic oxidation sites excluding steroid dienone is 3. The topological polar surface area (TPSA) is 113 Å². The molecule has 4 rings (SSSR count). The summed E-state index contributed by atoms with van der Waals surface area (Å²) in [5, 5.41) is 22.1. The average molecular weight is 449 g/mol. The van der Waals surface area contributed by atoms with Crippen molar-refractivity contribution in [2.75, 3.05) is 4.90 Å². The molecule has 1 heterocycles. The molecule has 1 atom stereocenters. The van der Waals surface area contributed by atoms with Crippen molar-refractivity contribution in [1.29, 1.82) is 5.26 Å². The van der Waals surface area contributed by atoms with Crippen LogP contribution in [0.4, 0.5) is 11.4 Å². The van der Waals surface area contributed by atoms with Crippen molar-refractivity contribution in [2.24, 2.45) is 5.73 Å². The van der Waals surface area contributed by atoms with Crippen molar-refractivity contribution in [3.8, 4) is 6.07 Å². The molecular weight excluding hydrogens is 428 g/mol. The molecule has 2 N–H and O–H groups in total. The molecule has 162 valence electrons. The minimum atomic E-state index is -0.606. The third kappa shape index (κ3) is 3.43. The predicted molar refractivity (Wildman–Crippen MR) is 122 cm³/mol. The molecule has 0 aromatic heterocycles. The van der Waals surface area contributed by atoms with Crippen LogP contribution in [0.2, 0.25) is 5.02 Å². The first-order chi connectivity index (χ1) is 15.2. The molecule has 0 bridgehead atoms. The number of Topliss-reactive ketones (excluding diaryl/α,β-unsaturated/α-hetero) is 1. The zero-order valence-corrected chi connectivity index (χ0v) is 18.4. The van der Waals surface area contributed by atoms with E-state index in [1.807, 2.05) is 32.0 Å². The van der Waals surface area contributed by atoms with Gasteiger partial charge in [0.05, 0.1) is 22.5 Å². The summed E-state index contributed by atoms with van der Waals surface area (Å²) >= 11 is 6.00. The smallest absolute Gasteiger partial charge is 0.294 e. The molecule has 0 spiro atoms. The lowest BCUT2D eigenvalue weighted by Gasteiger charge is -2.39. The van der Waals surface area contributed by atoms with Gasteiger partial charge in [-0.3, -0.25) is 19.8 Å². The van der Waals surface area contributed by atoms with Crippen molar-refractivity contribution in [3.05, 3.63) is 90.9 Å². The van der Waals surface area contributed by atoms with Gasteiger partial charge in [-0.05, 0) is 49.9 Å². The van der Waals surface area contributed by atoms with Gasteiger partial charge < -0.3 is 5.73 Å². The Bertz CT molecular complexity index is 1270. The number of ketones is 1. The van der Waals surface area contributed by atoms with Crippen LogP contribution in [0.5, 0.6) is 0 Å². The number of hydrogen-bond acceptors (Lipinski definition) is 6. The van der Waals surface area contributed by atoms with Gasteiger partial charge in [0.25, 0.3) is 5.69 Å². The number of aryl methyl sites for hydroxylation is 2. The van der Waals surface area contributed by atoms with E-state index in [-0.39, 0.29) is 33.6 Å². The van der Waals surface area contributed by atoms with Gasteiger partial charge in [-0.2, -0.15) is 5.26 Å². The number of carbonyl (C=O) groups excluding carboxylic acids is 1. The molecule has 8 heteroatoms. The third-order valence-electron chi connectivity index (χ3n) is 6.02. The fourth-order valence-corrected chi connectivity index (χ4v) is 4.82. The zero-order chi connectivity index (χ0) is 23.2. The summed E-state index contributed by atoms with van der Waals surface area (Å²) in [5.41, 5.74) is 10.6. The number of nitro groups is 1. The van der Waals surface area contributed by atoms with Gasteiger partial charge in [0.1, 0.15) is 11.5 Å². The molecule has 1 unspecified atom stereocenters. The summed E-state index contributed by atoms with van der Waals surface area (Å²) in [6.07, 6.45) is 1.47. The fraction of sp³-hybridized carbons (Fsp3) is 0.250. The van der Waals surface area contributed by atoms with Crippen LogP contribution in [-0.4, -0.2) is 10.7 Å². The number of nitrogens with zero attached hydrogens (tertiary/aromatic N) is 3. The highest BCUT2D eigenvalue weighted by Crippen LogP contribution is 2.48. The van der Waals surface area contributed by atoms with Crippen LogP contribution in [0.25, 0.3) is 0 Å². The third-order valence-corrected chi connectivity index (χ3v) is 6.26. The molecule has 0 fully saturated rings. The van der Waals surface area contributed by atoms with E-state index >= 15 is 0 Å². The van der Waals surface area contributed by atoms with Crippen LogP contribution in [0.15, 0.2) is 59.1 Å². The van der Waals surface area contributed by atoms with Crippen molar-refractivity contribution in [1.82, 2.24) is 0 Å². The Hall–Kier alpha value is -3.63. The van der Waals surface area contributed by atoms with E-state index in [0.29, 0.717) is 30.5 Å². The van der Waals surface area contributed by atoms with Crippen LogP contribution in [0.3, 0.4) is 0 Å². The number of benzene rings is 2. The molecule has 2 aromatic rings. The highest BCUT2D eigenvalue weighted by molar-refractivity contribution is 6.31. The maximum atomic E-state index is 13.2. The monoisotopic (exact) mass is 448 g/mol. The molecule has 0 radical (unpaired) electrons. The minimum Gasteiger partial charge on any atom is -0.384 e. The van der Waals surface area contributed by atoms with E-state index in [9.17, 15) is 20.2 Å². The first-order valence-electron chi connectivity index (χ1n) is 10.2. The van der Waals surface area contributed by atoms with E-state index in [2.05, 4.69) is 6.07 Å². The number of hydrogen-bond donors (Lipinski definition) is 1. The molecule has 0 saturated carbocycles. The normalized spacial score (nSPS) is 18.5. The Morgan fingerprint density at radius 2 is 1.97 bits per heavy atom. The van der Waals surface area contributed by atoms with Crippen LogP contribution in [-0.2, 0) is 4.79 Å². The van der Waals surface area contributed by atoms with Crippen LogP contribution < -0.4 is 10.6 Å². The van der Waals surface area contributed by atoms with Gasteiger partial charge >= 0.3 is 0 Å². The maximum Gasteiger partial charge on any atom is 0.294 e. The molecule has 0 saturated heterocycles. The fourth-order valence-electron chi connectivity index (χ4n) is 4.65. The zero-order valence-electron chi connectivity index (χ0n) is 17.7. The second kappa shape index (κ2) is 8.13. The van der Waals surface area contributed by atoms with E-state index in [0.717, 1.165) is 16.7 Å². The molecule has 2 aliphatic rings. The number of carbonyl (C=O) groups is 1. The van der Waals surface area contributed by atoms with Gasteiger partial charge in [-0.25, -0.2) is 0 Å². The van der Waals surface area contributed by atoms with Crippen molar-refractivity contribution in [3.63, 3.8) is 0 Å². The maximum absolute atomic E-state index is 13.2. The molecule has 32 heavy (non-hydrogen) atoms. The number of halogens is 1. The first kappa shape index (κ1) is 21.6. The second-order valence-electron chi connectivity index (χ2n) is 8.07. The largest absolute Gasteiger partial charge is 0.384 e. The Balaban J connectivity index is 2.03. The van der Waals surface area contributed by atoms with E-state index in [4.69, 9.17) is 17.3 Å². The second-order valence-corrected chi connectivity index (χ2v) is 8.50. The summed E-state index contributed by atoms with van der Waals surface area (Å²) in [6, 6.07) is 12.3. The molecule has 1 aliphatic carbocycles. The highest BCUT2D eigenvalue weighted by atomic mass is 35.5. The number of anilines is 1. The lowest BCUT2D eigenvalue weighted by molar-refractivity contribution is -0.384. The molecule has 1 aliphatic heterocycles. The highest BCUT2D eigenvalue weighted by Gasteiger charge is 2.42. The van der Waals surface area contributed by atoms with Crippen molar-refractivity contribution in [2.45, 2.75) is 39.0 Å². The number of rotatable bonds is 3. The summed E-state index contributed by atoms with van der Waals surface area (Å²) in [7, 11) is 0. The van der Waals surface area contributed by atoms with Crippen LogP contribution in [0, 0.1) is 35.3 Å². The van der Waals surface area contributed by atoms with Gasteiger partial charge in [0.15, 0.2) is 5.78 Å². The van der Waals surface area contributed by atoms with Crippen molar-refractivity contribution < 1.29 is 9.72 Å². The SMILES string of the molecule is Cc1ccc(C2C(C#N)=C(N)N(c3ccc(Cl)cc3[N+](=O)[O-])C3=C2C(=O)CCC3)c(C)c1. The summed E-state index contributed by atoms with van der Waals surface area (Å²) < 4.78 is 0. The van der Waals surface area contributed by atoms with Crippen LogP contribution >= 0.6 is 11.6 Å². The van der Waals surface area contributed by atoms with E-state index in [1.165, 1.54) is 23.1 Å². The summed E-state index contributed by atoms with van der Waals surface area (Å²) in [5.74, 6) is -0.583. The average Bonchev–Trinajstić information content (AvgIpc) is 2.74. The Kier molecular flexibility index (Phi) is 5.49. The molecule has 7 nitrogen and oxygen atoms in total. The molecule has 2 aromatic carbocycles. The van der Waals surface area contributed by atoms with Gasteiger partial charge in [-0.1, -0.05) is 35.4 Å². The number of nitro benzene ring substituents is 1. The summed E-state index contributed by atoms with van der Waals surface area (Å²) in [6.45, 7) is 3.92. The van der Waals surface area contributed by atoms with E-state index < -0.39 is 10.8 Å². The number of nitrogens with two attached hydrogens (primary N) is 1. The summed E-state index contributed by atoms with van der Waals surface area (Å²) in [4.78, 5) is 25.9. The Morgan fingerprint density at radius 1 is 1.22 bits per heavy atom.